The van der Waals surface area contributed by atoms with Crippen LogP contribution in [0.5, 0.6) is 0 Å². The van der Waals surface area contributed by atoms with Gasteiger partial charge in [-0.1, -0.05) is 68.0 Å². The molecule has 0 nitrogen and oxygen atoms in total. The van der Waals surface area contributed by atoms with Crippen LogP contribution in [0.1, 0.15) is 45.6 Å². The summed E-state index contributed by atoms with van der Waals surface area (Å²) in [7, 11) is 0. The van der Waals surface area contributed by atoms with Gasteiger partial charge in [-0.15, -0.1) is 0 Å². The van der Waals surface area contributed by atoms with E-state index in [4.69, 9.17) is 0 Å². The van der Waals surface area contributed by atoms with Crippen LogP contribution in [0.4, 0.5) is 0 Å². The van der Waals surface area contributed by atoms with Gasteiger partial charge in [0.15, 0.2) is 0 Å². The van der Waals surface area contributed by atoms with Gasteiger partial charge in [-0.2, -0.15) is 11.8 Å². The van der Waals surface area contributed by atoms with Crippen LogP contribution in [0.15, 0.2) is 51.8 Å². The predicted octanol–water partition coefficient (Wildman–Crippen LogP) is 6.61. The Morgan fingerprint density at radius 2 is 1.86 bits per heavy atom. The first-order valence-corrected chi connectivity index (χ1v) is 9.63. The van der Waals surface area contributed by atoms with Crippen molar-refractivity contribution in [3.8, 4) is 0 Å². The molecule has 0 radical (unpaired) electrons. The highest BCUT2D eigenvalue weighted by Crippen LogP contribution is 2.38. The molecule has 0 spiro atoms. The van der Waals surface area contributed by atoms with Crippen LogP contribution in [0.3, 0.4) is 0 Å². The average Bonchev–Trinajstić information content (AvgIpc) is 2.87. The van der Waals surface area contributed by atoms with Gasteiger partial charge in [0, 0.05) is 15.1 Å². The minimum atomic E-state index is 0.720. The summed E-state index contributed by atoms with van der Waals surface area (Å²) in [5, 5.41) is 1.48. The molecular formula is C19H26S2. The van der Waals surface area contributed by atoms with E-state index in [-0.39, 0.29) is 0 Å². The van der Waals surface area contributed by atoms with Crippen LogP contribution < -0.4 is 0 Å². The third kappa shape index (κ3) is 5.27. The minimum Gasteiger partial charge on any atom is -0.155 e. The quantitative estimate of drug-likeness (QED) is 0.554. The largest absolute Gasteiger partial charge is 0.155 e. The van der Waals surface area contributed by atoms with Gasteiger partial charge in [-0.05, 0) is 43.6 Å². The molecular weight excluding hydrogens is 292 g/mol. The fraction of sp³-hybridized carbons (Fsp3) is 0.474. The lowest BCUT2D eigenvalue weighted by molar-refractivity contribution is 0.793. The molecule has 0 saturated carbocycles. The van der Waals surface area contributed by atoms with E-state index in [0.29, 0.717) is 0 Å². The smallest absolute Gasteiger partial charge is 0.0122 e. The first-order chi connectivity index (χ1) is 10.1. The van der Waals surface area contributed by atoms with Crippen LogP contribution in [0, 0.1) is 6.92 Å². The Hall–Kier alpha value is -0.600. The number of rotatable bonds is 7. The van der Waals surface area contributed by atoms with E-state index in [1.165, 1.54) is 28.2 Å². The van der Waals surface area contributed by atoms with Crippen molar-refractivity contribution < 1.29 is 0 Å². The van der Waals surface area contributed by atoms with Crippen LogP contribution in [0.25, 0.3) is 0 Å². The van der Waals surface area contributed by atoms with Crippen LogP contribution in [0.2, 0.25) is 0 Å². The van der Waals surface area contributed by atoms with Crippen molar-refractivity contribution in [1.82, 2.24) is 0 Å². The van der Waals surface area contributed by atoms with E-state index in [1.54, 1.807) is 5.57 Å². The molecule has 2 heteroatoms. The normalized spacial score (nSPS) is 16.0. The van der Waals surface area contributed by atoms with Crippen molar-refractivity contribution in [3.63, 3.8) is 0 Å². The van der Waals surface area contributed by atoms with E-state index >= 15 is 0 Å². The third-order valence-corrected chi connectivity index (χ3v) is 6.21. The van der Waals surface area contributed by atoms with E-state index in [1.807, 2.05) is 11.8 Å². The molecule has 21 heavy (non-hydrogen) atoms. The molecule has 1 aromatic rings. The molecule has 2 rings (SSSR count). The van der Waals surface area contributed by atoms with Crippen LogP contribution in [-0.4, -0.2) is 10.5 Å². The second kappa shape index (κ2) is 8.14. The van der Waals surface area contributed by atoms with Gasteiger partial charge in [0.05, 0.1) is 0 Å². The molecule has 1 aliphatic carbocycles. The fourth-order valence-electron chi connectivity index (χ4n) is 2.50. The number of hydrogen-bond donors (Lipinski definition) is 0. The zero-order valence-electron chi connectivity index (χ0n) is 13.6. The summed E-state index contributed by atoms with van der Waals surface area (Å²) in [5.74, 6) is 0. The topological polar surface area (TPSA) is 0 Å². The number of thioether (sulfide) groups is 2. The van der Waals surface area contributed by atoms with Crippen molar-refractivity contribution in [1.29, 1.82) is 0 Å². The molecule has 0 saturated heterocycles. The lowest BCUT2D eigenvalue weighted by Gasteiger charge is -2.18. The van der Waals surface area contributed by atoms with Crippen molar-refractivity contribution in [2.45, 2.75) is 62.4 Å². The lowest BCUT2D eigenvalue weighted by Crippen LogP contribution is -2.06. The zero-order valence-corrected chi connectivity index (χ0v) is 15.2. The average molecular weight is 319 g/mol. The Bertz CT molecular complexity index is 509. The Morgan fingerprint density at radius 3 is 2.48 bits per heavy atom. The highest BCUT2D eigenvalue weighted by molar-refractivity contribution is 8.03. The summed E-state index contributed by atoms with van der Waals surface area (Å²) in [6.07, 6.45) is 8.27. The van der Waals surface area contributed by atoms with Gasteiger partial charge in [-0.25, -0.2) is 0 Å². The SMILES string of the molecule is CCC(CC1=C(Sc2ccc(C)cc2)C=CC1)SC(C)C. The van der Waals surface area contributed by atoms with E-state index in [9.17, 15) is 0 Å². The number of hydrogen-bond acceptors (Lipinski definition) is 2. The van der Waals surface area contributed by atoms with Crippen molar-refractivity contribution in [3.05, 3.63) is 52.5 Å². The van der Waals surface area contributed by atoms with Gasteiger partial charge >= 0.3 is 0 Å². The van der Waals surface area contributed by atoms with E-state index in [0.717, 1.165) is 16.9 Å². The molecule has 0 aliphatic heterocycles. The molecule has 0 bridgehead atoms. The third-order valence-electron chi connectivity index (χ3n) is 3.62. The lowest BCUT2D eigenvalue weighted by atomic mass is 10.1. The Kier molecular flexibility index (Phi) is 6.50. The summed E-state index contributed by atoms with van der Waals surface area (Å²) in [6.45, 7) is 9.06. The maximum Gasteiger partial charge on any atom is 0.0122 e. The summed E-state index contributed by atoms with van der Waals surface area (Å²) < 4.78 is 0. The molecule has 1 aromatic carbocycles. The van der Waals surface area contributed by atoms with Gasteiger partial charge in [0.25, 0.3) is 0 Å². The van der Waals surface area contributed by atoms with Crippen LogP contribution >= 0.6 is 23.5 Å². The summed E-state index contributed by atoms with van der Waals surface area (Å²) in [4.78, 5) is 2.82. The highest BCUT2D eigenvalue weighted by atomic mass is 32.2. The number of benzene rings is 1. The Labute approximate surface area is 138 Å². The molecule has 1 aliphatic rings. The van der Waals surface area contributed by atoms with Crippen molar-refractivity contribution in [2.24, 2.45) is 0 Å². The van der Waals surface area contributed by atoms with Gasteiger partial charge in [0.1, 0.15) is 0 Å². The molecule has 0 heterocycles. The van der Waals surface area contributed by atoms with E-state index < -0.39 is 0 Å². The van der Waals surface area contributed by atoms with E-state index in [2.05, 4.69) is 75.9 Å². The second-order valence-corrected chi connectivity index (χ2v) is 8.91. The first-order valence-electron chi connectivity index (χ1n) is 7.87. The zero-order chi connectivity index (χ0) is 15.2. The molecule has 0 amide bonds. The molecule has 0 fully saturated rings. The minimum absolute atomic E-state index is 0.720. The Balaban J connectivity index is 2.04. The highest BCUT2D eigenvalue weighted by Gasteiger charge is 2.16. The predicted molar refractivity (Wildman–Crippen MR) is 99.2 cm³/mol. The monoisotopic (exact) mass is 318 g/mol. The molecule has 0 aromatic heterocycles. The van der Waals surface area contributed by atoms with Gasteiger partial charge in [-0.3, -0.25) is 0 Å². The summed E-state index contributed by atoms with van der Waals surface area (Å²) in [5.41, 5.74) is 2.95. The Morgan fingerprint density at radius 1 is 1.14 bits per heavy atom. The molecule has 114 valence electrons. The fourth-order valence-corrected chi connectivity index (χ4v) is 4.76. The molecule has 1 unspecified atom stereocenters. The maximum absolute atomic E-state index is 2.32. The number of aryl methyl sites for hydroxylation is 1. The number of allylic oxidation sites excluding steroid dienone is 3. The molecule has 0 N–H and O–H groups in total. The first kappa shape index (κ1) is 16.8. The second-order valence-electron chi connectivity index (χ2n) is 5.91. The summed E-state index contributed by atoms with van der Waals surface area (Å²) in [6, 6.07) is 8.86. The maximum atomic E-state index is 2.32. The van der Waals surface area contributed by atoms with Crippen molar-refractivity contribution in [2.75, 3.05) is 0 Å². The summed E-state index contributed by atoms with van der Waals surface area (Å²) >= 11 is 4.05. The molecule has 1 atom stereocenters. The van der Waals surface area contributed by atoms with Gasteiger partial charge in [0.2, 0.25) is 0 Å². The van der Waals surface area contributed by atoms with Crippen molar-refractivity contribution >= 4 is 23.5 Å². The van der Waals surface area contributed by atoms with Crippen LogP contribution in [-0.2, 0) is 0 Å². The van der Waals surface area contributed by atoms with Gasteiger partial charge < -0.3 is 0 Å². The standard InChI is InChI=1S/C19H26S2/c1-5-17(20-14(2)3)13-16-7-6-8-19(16)21-18-11-9-15(4)10-12-18/h6,8-12,14,17H,5,7,13H2,1-4H3.